The van der Waals surface area contributed by atoms with Gasteiger partial charge in [0.05, 0.1) is 18.1 Å². The first-order valence-electron chi connectivity index (χ1n) is 8.34. The minimum absolute atomic E-state index is 0.0190. The highest BCUT2D eigenvalue weighted by atomic mass is 19.4. The first-order chi connectivity index (χ1) is 11.2. The zero-order chi connectivity index (χ0) is 17.5. The molecule has 4 atom stereocenters. The lowest BCUT2D eigenvalue weighted by Crippen LogP contribution is -2.37. The quantitative estimate of drug-likeness (QED) is 0.917. The Balaban J connectivity index is 1.61. The molecule has 0 aromatic heterocycles. The van der Waals surface area contributed by atoms with Crippen molar-refractivity contribution in [2.24, 2.45) is 11.8 Å². The van der Waals surface area contributed by atoms with Gasteiger partial charge in [-0.2, -0.15) is 13.2 Å². The number of carbonyl (C=O) groups is 1. The van der Waals surface area contributed by atoms with E-state index in [0.29, 0.717) is 17.4 Å². The van der Waals surface area contributed by atoms with Gasteiger partial charge in [-0.15, -0.1) is 0 Å². The Labute approximate surface area is 139 Å². The van der Waals surface area contributed by atoms with Crippen LogP contribution in [0.2, 0.25) is 0 Å². The van der Waals surface area contributed by atoms with Crippen LogP contribution in [0.4, 0.5) is 13.2 Å². The van der Waals surface area contributed by atoms with Crippen LogP contribution in [0.5, 0.6) is 0 Å². The number of hydrogen-bond donors (Lipinski definition) is 1. The minimum Gasteiger partial charge on any atom is -0.393 e. The van der Waals surface area contributed by atoms with Crippen molar-refractivity contribution in [3.8, 4) is 0 Å². The number of likely N-dealkylation sites (N-methyl/N-ethyl adjacent to an activating group) is 1. The molecule has 24 heavy (non-hydrogen) atoms. The molecular formula is C18H22F3NO2. The van der Waals surface area contributed by atoms with Crippen LogP contribution in [-0.2, 0) is 17.4 Å². The van der Waals surface area contributed by atoms with Crippen LogP contribution in [0, 0.1) is 11.8 Å². The van der Waals surface area contributed by atoms with E-state index in [1.807, 2.05) is 0 Å². The van der Waals surface area contributed by atoms with E-state index in [0.717, 1.165) is 37.8 Å². The summed E-state index contributed by atoms with van der Waals surface area (Å²) in [4.78, 5) is 14.1. The lowest BCUT2D eigenvalue weighted by atomic mass is 10.0. The maximum absolute atomic E-state index is 12.8. The van der Waals surface area contributed by atoms with E-state index in [-0.39, 0.29) is 24.5 Å². The second kappa shape index (κ2) is 6.39. The zero-order valence-corrected chi connectivity index (χ0v) is 13.6. The predicted molar refractivity (Wildman–Crippen MR) is 83.2 cm³/mol. The van der Waals surface area contributed by atoms with Crippen LogP contribution in [0.3, 0.4) is 0 Å². The summed E-state index contributed by atoms with van der Waals surface area (Å²) in [6.45, 7) is 0. The highest BCUT2D eigenvalue weighted by Crippen LogP contribution is 2.45. The number of amides is 1. The van der Waals surface area contributed by atoms with Gasteiger partial charge in [0.15, 0.2) is 0 Å². The number of benzene rings is 1. The third-order valence-electron chi connectivity index (χ3n) is 5.52. The van der Waals surface area contributed by atoms with Crippen LogP contribution in [0.1, 0.15) is 36.8 Å². The molecule has 3 nitrogen and oxygen atoms in total. The van der Waals surface area contributed by atoms with Crippen LogP contribution >= 0.6 is 0 Å². The van der Waals surface area contributed by atoms with Gasteiger partial charge < -0.3 is 10.0 Å². The molecule has 0 aliphatic heterocycles. The molecule has 6 heteroatoms. The molecule has 2 saturated carbocycles. The van der Waals surface area contributed by atoms with E-state index >= 15 is 0 Å². The third-order valence-corrected chi connectivity index (χ3v) is 5.52. The zero-order valence-electron chi connectivity index (χ0n) is 13.6. The summed E-state index contributed by atoms with van der Waals surface area (Å²) in [6.07, 6.45) is -1.26. The Kier molecular flexibility index (Phi) is 4.60. The summed E-state index contributed by atoms with van der Waals surface area (Å²) in [6, 6.07) is 5.09. The van der Waals surface area contributed by atoms with Crippen LogP contribution < -0.4 is 0 Å². The molecule has 2 unspecified atom stereocenters. The number of hydrogen-bond acceptors (Lipinski definition) is 2. The summed E-state index contributed by atoms with van der Waals surface area (Å²) >= 11 is 0. The van der Waals surface area contributed by atoms with Gasteiger partial charge in [-0.1, -0.05) is 18.2 Å². The fourth-order valence-electron chi connectivity index (χ4n) is 4.23. The highest BCUT2D eigenvalue weighted by molar-refractivity contribution is 5.79. The molecule has 0 saturated heterocycles. The maximum atomic E-state index is 12.8. The van der Waals surface area contributed by atoms with Crippen LogP contribution in [0.25, 0.3) is 0 Å². The second-order valence-electron chi connectivity index (χ2n) is 7.15. The first kappa shape index (κ1) is 17.3. The Bertz CT molecular complexity index is 603. The van der Waals surface area contributed by atoms with Crippen molar-refractivity contribution in [3.05, 3.63) is 35.4 Å². The number of carbonyl (C=O) groups excluding carboxylic acids is 1. The summed E-state index contributed by atoms with van der Waals surface area (Å²) in [5.41, 5.74) is -0.338. The average molecular weight is 341 g/mol. The summed E-state index contributed by atoms with van der Waals surface area (Å²) in [5.74, 6) is 0.780. The molecule has 1 aromatic rings. The smallest absolute Gasteiger partial charge is 0.393 e. The summed E-state index contributed by atoms with van der Waals surface area (Å²) in [5, 5.41) is 9.68. The van der Waals surface area contributed by atoms with E-state index in [9.17, 15) is 23.1 Å². The van der Waals surface area contributed by atoms with E-state index in [1.54, 1.807) is 18.0 Å². The third kappa shape index (κ3) is 3.58. The van der Waals surface area contributed by atoms with Crippen molar-refractivity contribution in [1.82, 2.24) is 4.90 Å². The fourth-order valence-corrected chi connectivity index (χ4v) is 4.23. The lowest BCUT2D eigenvalue weighted by Gasteiger charge is -2.26. The molecule has 2 aliphatic carbocycles. The number of rotatable bonds is 3. The van der Waals surface area contributed by atoms with Gasteiger partial charge in [-0.25, -0.2) is 0 Å². The first-order valence-corrected chi connectivity index (χ1v) is 8.34. The Morgan fingerprint density at radius 3 is 2.42 bits per heavy atom. The van der Waals surface area contributed by atoms with E-state index in [2.05, 4.69) is 0 Å². The average Bonchev–Trinajstić information content (AvgIpc) is 3.03. The Morgan fingerprint density at radius 1 is 1.21 bits per heavy atom. The van der Waals surface area contributed by atoms with E-state index < -0.39 is 11.7 Å². The van der Waals surface area contributed by atoms with Gasteiger partial charge in [-0.05, 0) is 49.1 Å². The molecule has 0 bridgehead atoms. The maximum Gasteiger partial charge on any atom is 0.416 e. The number of alkyl halides is 3. The van der Waals surface area contributed by atoms with Crippen molar-refractivity contribution >= 4 is 5.91 Å². The predicted octanol–water partition coefficient (Wildman–Crippen LogP) is 3.26. The van der Waals surface area contributed by atoms with Crippen molar-refractivity contribution in [3.63, 3.8) is 0 Å². The molecule has 132 valence electrons. The van der Waals surface area contributed by atoms with Gasteiger partial charge >= 0.3 is 6.18 Å². The molecular weight excluding hydrogens is 319 g/mol. The van der Waals surface area contributed by atoms with Crippen molar-refractivity contribution in [2.45, 2.75) is 50.4 Å². The van der Waals surface area contributed by atoms with Gasteiger partial charge in [0.1, 0.15) is 0 Å². The topological polar surface area (TPSA) is 40.5 Å². The van der Waals surface area contributed by atoms with Gasteiger partial charge in [0, 0.05) is 13.1 Å². The number of fused-ring (bicyclic) bond motifs is 1. The van der Waals surface area contributed by atoms with Crippen molar-refractivity contribution < 1.29 is 23.1 Å². The van der Waals surface area contributed by atoms with Crippen molar-refractivity contribution in [2.75, 3.05) is 7.05 Å². The highest BCUT2D eigenvalue weighted by Gasteiger charge is 2.43. The van der Waals surface area contributed by atoms with Crippen molar-refractivity contribution in [1.29, 1.82) is 0 Å². The molecule has 0 radical (unpaired) electrons. The molecule has 1 aromatic carbocycles. The molecule has 2 fully saturated rings. The molecule has 1 amide bonds. The normalized spacial score (nSPS) is 29.5. The molecule has 3 rings (SSSR count). The van der Waals surface area contributed by atoms with E-state index in [4.69, 9.17) is 0 Å². The van der Waals surface area contributed by atoms with Crippen LogP contribution in [-0.4, -0.2) is 35.1 Å². The largest absolute Gasteiger partial charge is 0.416 e. The van der Waals surface area contributed by atoms with Gasteiger partial charge in [0.2, 0.25) is 5.91 Å². The van der Waals surface area contributed by atoms with Gasteiger partial charge in [-0.3, -0.25) is 4.79 Å². The molecule has 1 N–H and O–H groups in total. The number of aliphatic hydroxyl groups excluding tert-OH is 1. The fraction of sp³-hybridized carbons (Fsp3) is 0.611. The number of nitrogens with zero attached hydrogens (tertiary/aromatic N) is 1. The van der Waals surface area contributed by atoms with Gasteiger partial charge in [0.25, 0.3) is 0 Å². The summed E-state index contributed by atoms with van der Waals surface area (Å²) in [7, 11) is 1.73. The Hall–Kier alpha value is -1.56. The van der Waals surface area contributed by atoms with Crippen LogP contribution in [0.15, 0.2) is 24.3 Å². The van der Waals surface area contributed by atoms with E-state index in [1.165, 1.54) is 6.07 Å². The Morgan fingerprint density at radius 2 is 1.83 bits per heavy atom. The second-order valence-corrected chi connectivity index (χ2v) is 7.15. The summed E-state index contributed by atoms with van der Waals surface area (Å²) < 4.78 is 38.3. The molecule has 0 heterocycles. The molecule has 2 aliphatic rings. The monoisotopic (exact) mass is 341 g/mol. The lowest BCUT2D eigenvalue weighted by molar-refractivity contribution is -0.138. The molecule has 0 spiro atoms. The number of halogens is 3. The standard InChI is InChI=1S/C18H22F3NO2/c1-22(15-7-12-9-16(23)10-13(12)8-15)17(24)6-11-3-2-4-14(5-11)18(19,20)21/h2-5,12-13,15-16,23H,6-10H2,1H3/t12-,13+,15?,16?. The number of aliphatic hydroxyl groups is 1. The SMILES string of the molecule is CN(C(=O)Cc1cccc(C(F)(F)F)c1)C1C[C@H]2CC(O)C[C@H]2C1. The minimum atomic E-state index is -4.39.